The quantitative estimate of drug-likeness (QED) is 0.866. The Bertz CT molecular complexity index is 524. The van der Waals surface area contributed by atoms with E-state index in [-0.39, 0.29) is 36.9 Å². The molecule has 1 heterocycles. The van der Waals surface area contributed by atoms with E-state index in [1.54, 1.807) is 13.8 Å². The van der Waals surface area contributed by atoms with Crippen molar-refractivity contribution in [3.63, 3.8) is 0 Å². The van der Waals surface area contributed by atoms with Crippen LogP contribution in [0.5, 0.6) is 0 Å². The molecule has 0 radical (unpaired) electrons. The molecule has 1 aromatic heterocycles. The van der Waals surface area contributed by atoms with Gasteiger partial charge in [-0.05, 0) is 12.8 Å². The first-order valence-electron chi connectivity index (χ1n) is 6.22. The molecule has 0 saturated carbocycles. The fraction of sp³-hybridized carbons (Fsp3) is 0.667. The third-order valence-corrected chi connectivity index (χ3v) is 2.61. The predicted molar refractivity (Wildman–Crippen MR) is 68.6 cm³/mol. The molecule has 1 aromatic rings. The summed E-state index contributed by atoms with van der Waals surface area (Å²) in [5, 5.41) is 14.6. The minimum absolute atomic E-state index is 0.00284. The number of anilines is 1. The van der Waals surface area contributed by atoms with Gasteiger partial charge in [0, 0.05) is 18.7 Å². The maximum atomic E-state index is 13.0. The first-order valence-corrected chi connectivity index (χ1v) is 6.22. The van der Waals surface area contributed by atoms with Crippen LogP contribution < -0.4 is 10.9 Å². The second-order valence-corrected chi connectivity index (χ2v) is 4.88. The molecule has 0 unspecified atom stereocenters. The molecule has 0 atom stereocenters. The molecule has 8 heteroatoms. The highest BCUT2D eigenvalue weighted by Gasteiger charge is 2.38. The van der Waals surface area contributed by atoms with Crippen molar-refractivity contribution in [1.29, 1.82) is 0 Å². The van der Waals surface area contributed by atoms with Crippen molar-refractivity contribution in [2.75, 3.05) is 18.5 Å². The van der Waals surface area contributed by atoms with Crippen LogP contribution in [0.4, 0.5) is 18.9 Å². The van der Waals surface area contributed by atoms with E-state index in [9.17, 15) is 18.0 Å². The van der Waals surface area contributed by atoms with Crippen molar-refractivity contribution in [1.82, 2.24) is 9.78 Å². The van der Waals surface area contributed by atoms with E-state index in [0.29, 0.717) is 0 Å². The molecule has 1 rings (SSSR count). The Kier molecular flexibility index (Phi) is 5.15. The molecule has 0 aliphatic carbocycles. The fourth-order valence-corrected chi connectivity index (χ4v) is 1.76. The number of nitrogens with zero attached hydrogens (tertiary/aromatic N) is 2. The summed E-state index contributed by atoms with van der Waals surface area (Å²) in [5.41, 5.74) is -2.12. The van der Waals surface area contributed by atoms with Gasteiger partial charge in [0.1, 0.15) is 0 Å². The minimum Gasteiger partial charge on any atom is -0.395 e. The van der Waals surface area contributed by atoms with Gasteiger partial charge in [0.05, 0.1) is 12.3 Å². The van der Waals surface area contributed by atoms with Gasteiger partial charge < -0.3 is 10.4 Å². The summed E-state index contributed by atoms with van der Waals surface area (Å²) in [4.78, 5) is 12.0. The lowest BCUT2D eigenvalue weighted by Crippen LogP contribution is -2.32. The van der Waals surface area contributed by atoms with Crippen molar-refractivity contribution in [2.24, 2.45) is 5.92 Å². The molecule has 0 fully saturated rings. The van der Waals surface area contributed by atoms with Gasteiger partial charge in [-0.2, -0.15) is 18.3 Å². The summed E-state index contributed by atoms with van der Waals surface area (Å²) < 4.78 is 39.9. The number of halogens is 3. The van der Waals surface area contributed by atoms with Gasteiger partial charge in [-0.25, -0.2) is 4.68 Å². The molecule has 0 aromatic carbocycles. The van der Waals surface area contributed by atoms with Crippen molar-refractivity contribution < 1.29 is 18.3 Å². The lowest BCUT2D eigenvalue weighted by molar-refractivity contribution is -0.141. The molecule has 114 valence electrons. The third kappa shape index (κ3) is 3.72. The van der Waals surface area contributed by atoms with E-state index in [4.69, 9.17) is 5.11 Å². The minimum atomic E-state index is -4.67. The van der Waals surface area contributed by atoms with Crippen LogP contribution in [0, 0.1) is 12.8 Å². The number of aliphatic hydroxyl groups is 1. The lowest BCUT2D eigenvalue weighted by Gasteiger charge is -2.18. The van der Waals surface area contributed by atoms with E-state index in [0.717, 1.165) is 4.68 Å². The average Bonchev–Trinajstić information content (AvgIpc) is 2.32. The molecule has 0 bridgehead atoms. The van der Waals surface area contributed by atoms with Gasteiger partial charge in [-0.1, -0.05) is 13.8 Å². The topological polar surface area (TPSA) is 67.2 Å². The van der Waals surface area contributed by atoms with Crippen LogP contribution in [-0.4, -0.2) is 28.0 Å². The molecule has 2 N–H and O–H groups in total. The van der Waals surface area contributed by atoms with Crippen LogP contribution in [0.2, 0.25) is 0 Å². The molecule has 0 aliphatic heterocycles. The summed E-state index contributed by atoms with van der Waals surface area (Å²) in [7, 11) is 0. The summed E-state index contributed by atoms with van der Waals surface area (Å²) in [6.45, 7) is 4.58. The number of aromatic nitrogens is 2. The number of alkyl halides is 3. The number of nitrogens with one attached hydrogen (secondary N) is 1. The van der Waals surface area contributed by atoms with Crippen LogP contribution in [0.15, 0.2) is 4.79 Å². The molecule has 0 amide bonds. The Morgan fingerprint density at radius 3 is 2.45 bits per heavy atom. The van der Waals surface area contributed by atoms with Crippen molar-refractivity contribution in [3.05, 3.63) is 21.6 Å². The average molecular weight is 293 g/mol. The highest BCUT2D eigenvalue weighted by atomic mass is 19.4. The summed E-state index contributed by atoms with van der Waals surface area (Å²) in [6.07, 6.45) is -4.67. The van der Waals surface area contributed by atoms with Crippen LogP contribution in [0.3, 0.4) is 0 Å². The molecule has 5 nitrogen and oxygen atoms in total. The summed E-state index contributed by atoms with van der Waals surface area (Å²) in [5.74, 6) is -0.00284. The summed E-state index contributed by atoms with van der Waals surface area (Å²) in [6, 6.07) is 0. The van der Waals surface area contributed by atoms with E-state index in [2.05, 4.69) is 10.4 Å². The monoisotopic (exact) mass is 293 g/mol. The van der Waals surface area contributed by atoms with Crippen LogP contribution in [0.25, 0.3) is 0 Å². The highest BCUT2D eigenvalue weighted by molar-refractivity contribution is 5.54. The van der Waals surface area contributed by atoms with Crippen LogP contribution >= 0.6 is 0 Å². The van der Waals surface area contributed by atoms with Crippen molar-refractivity contribution in [2.45, 2.75) is 33.5 Å². The standard InChI is InChI=1S/C12H18F3N3O2/c1-7(2)6-18-11(20)8(3)9(16-4-5-19)10(17-18)12(13,14)15/h7,16,19H,4-6H2,1-3H3. The predicted octanol–water partition coefficient (Wildman–Crippen LogP) is 1.63. The zero-order valence-corrected chi connectivity index (χ0v) is 11.6. The third-order valence-electron chi connectivity index (χ3n) is 2.61. The highest BCUT2D eigenvalue weighted by Crippen LogP contribution is 2.33. The smallest absolute Gasteiger partial charge is 0.395 e. The van der Waals surface area contributed by atoms with Crippen molar-refractivity contribution >= 4 is 5.69 Å². The normalized spacial score (nSPS) is 12.0. The van der Waals surface area contributed by atoms with Crippen LogP contribution in [-0.2, 0) is 12.7 Å². The largest absolute Gasteiger partial charge is 0.437 e. The van der Waals surface area contributed by atoms with Gasteiger partial charge >= 0.3 is 6.18 Å². The second-order valence-electron chi connectivity index (χ2n) is 4.88. The Hall–Kier alpha value is -1.57. The number of hydrogen-bond donors (Lipinski definition) is 2. The molecule has 0 spiro atoms. The second kappa shape index (κ2) is 6.25. The Balaban J connectivity index is 3.43. The van der Waals surface area contributed by atoms with E-state index in [1.165, 1.54) is 6.92 Å². The fourth-order valence-electron chi connectivity index (χ4n) is 1.76. The number of aliphatic hydroxyl groups excluding tert-OH is 1. The Labute approximate surface area is 114 Å². The SMILES string of the molecule is Cc1c(NCCO)c(C(F)(F)F)nn(CC(C)C)c1=O. The van der Waals surface area contributed by atoms with Gasteiger partial charge in [-0.3, -0.25) is 4.79 Å². The van der Waals surface area contributed by atoms with Gasteiger partial charge in [0.2, 0.25) is 0 Å². The molecular formula is C12H18F3N3O2. The van der Waals surface area contributed by atoms with E-state index in [1.807, 2.05) is 0 Å². The molecule has 20 heavy (non-hydrogen) atoms. The number of rotatable bonds is 5. The van der Waals surface area contributed by atoms with E-state index >= 15 is 0 Å². The lowest BCUT2D eigenvalue weighted by atomic mass is 10.2. The zero-order chi connectivity index (χ0) is 15.5. The van der Waals surface area contributed by atoms with Gasteiger partial charge in [0.15, 0.2) is 5.69 Å². The number of hydrogen-bond acceptors (Lipinski definition) is 4. The zero-order valence-electron chi connectivity index (χ0n) is 11.6. The Morgan fingerprint density at radius 2 is 2.00 bits per heavy atom. The molecule has 0 aliphatic rings. The van der Waals surface area contributed by atoms with E-state index < -0.39 is 17.4 Å². The maximum absolute atomic E-state index is 13.0. The first kappa shape index (κ1) is 16.5. The summed E-state index contributed by atoms with van der Waals surface area (Å²) >= 11 is 0. The molecule has 0 saturated heterocycles. The maximum Gasteiger partial charge on any atom is 0.437 e. The van der Waals surface area contributed by atoms with Crippen molar-refractivity contribution in [3.8, 4) is 0 Å². The Morgan fingerprint density at radius 1 is 1.40 bits per heavy atom. The molecular weight excluding hydrogens is 275 g/mol. The van der Waals surface area contributed by atoms with Crippen LogP contribution in [0.1, 0.15) is 25.1 Å². The first-order chi connectivity index (χ1) is 9.18. The van der Waals surface area contributed by atoms with Gasteiger partial charge in [-0.15, -0.1) is 0 Å². The van der Waals surface area contributed by atoms with Gasteiger partial charge in [0.25, 0.3) is 5.56 Å².